The van der Waals surface area contributed by atoms with E-state index in [1.807, 2.05) is 0 Å². The van der Waals surface area contributed by atoms with Gasteiger partial charge in [0.2, 0.25) is 0 Å². The van der Waals surface area contributed by atoms with Crippen LogP contribution < -0.4 is 15.3 Å². The van der Waals surface area contributed by atoms with Gasteiger partial charge < -0.3 is 29.2 Å². The summed E-state index contributed by atoms with van der Waals surface area (Å²) in [7, 11) is -4.29. The molecule has 15 nitrogen and oxygen atoms in total. The van der Waals surface area contributed by atoms with Crippen LogP contribution in [0, 0.1) is 5.92 Å². The van der Waals surface area contributed by atoms with Gasteiger partial charge in [0.15, 0.2) is 18.0 Å². The molecule has 1 unspecified atom stereocenters. The predicted molar refractivity (Wildman–Crippen MR) is 153 cm³/mol. The minimum atomic E-state index is -4.29. The molecular weight excluding hydrogens is 597 g/mol. The monoisotopic (exact) mass is 631 g/mol. The summed E-state index contributed by atoms with van der Waals surface area (Å²) in [6, 6.07) is 10.5. The van der Waals surface area contributed by atoms with Crippen molar-refractivity contribution in [2.75, 3.05) is 18.9 Å². The molecule has 1 saturated heterocycles. The highest BCUT2D eigenvalue weighted by Crippen LogP contribution is 2.47. The van der Waals surface area contributed by atoms with E-state index in [1.165, 1.54) is 31.6 Å². The summed E-state index contributed by atoms with van der Waals surface area (Å²) in [6.45, 7) is 3.69. The lowest BCUT2D eigenvalue weighted by atomic mass is 10.1. The zero-order valence-corrected chi connectivity index (χ0v) is 25.3. The van der Waals surface area contributed by atoms with Gasteiger partial charge in [0, 0.05) is 13.8 Å². The maximum atomic E-state index is 14.1. The SMILES string of the molecule is CC(=O)O[C@@H]1[C@H](OC(C)=O)[C@@H](COP(=O)(N[C@@H](C)C(=O)OCC2CC2)Oc2ccccc2)O[C@H]1c1ccc2c(N)ncnn12. The van der Waals surface area contributed by atoms with Crippen LogP contribution in [0.15, 0.2) is 48.8 Å². The Balaban J connectivity index is 1.40. The quantitative estimate of drug-likeness (QED) is 0.159. The number of hydrogen-bond acceptors (Lipinski definition) is 13. The molecule has 3 aromatic rings. The van der Waals surface area contributed by atoms with Gasteiger partial charge in [0.1, 0.15) is 35.8 Å². The average Bonchev–Trinajstić information content (AvgIpc) is 3.62. The number of nitrogens with zero attached hydrogens (tertiary/aromatic N) is 3. The van der Waals surface area contributed by atoms with Crippen LogP contribution in [-0.2, 0) is 42.4 Å². The maximum absolute atomic E-state index is 14.1. The maximum Gasteiger partial charge on any atom is 0.459 e. The van der Waals surface area contributed by atoms with Gasteiger partial charge >= 0.3 is 25.7 Å². The highest BCUT2D eigenvalue weighted by Gasteiger charge is 2.51. The lowest BCUT2D eigenvalue weighted by molar-refractivity contribution is -0.164. The Labute approximate surface area is 252 Å². The summed E-state index contributed by atoms with van der Waals surface area (Å²) in [5, 5.41) is 6.86. The second-order valence-corrected chi connectivity index (χ2v) is 12.3. The fraction of sp³-hybridized carbons (Fsp3) is 0.464. The van der Waals surface area contributed by atoms with Gasteiger partial charge in [-0.2, -0.15) is 10.2 Å². The van der Waals surface area contributed by atoms with Crippen molar-refractivity contribution >= 4 is 37.0 Å². The molecule has 2 aromatic heterocycles. The van der Waals surface area contributed by atoms with E-state index >= 15 is 0 Å². The third-order valence-electron chi connectivity index (χ3n) is 6.96. The number of carbonyl (C=O) groups is 3. The first-order valence-corrected chi connectivity index (χ1v) is 15.6. The zero-order chi connectivity index (χ0) is 31.4. The molecule has 1 aliphatic heterocycles. The lowest BCUT2D eigenvalue weighted by Gasteiger charge is -2.26. The summed E-state index contributed by atoms with van der Waals surface area (Å²) in [5.74, 6) is -1.20. The number of anilines is 1. The Morgan fingerprint density at radius 3 is 2.45 bits per heavy atom. The third kappa shape index (κ3) is 7.53. The highest BCUT2D eigenvalue weighted by molar-refractivity contribution is 7.52. The van der Waals surface area contributed by atoms with Crippen LogP contribution in [0.2, 0.25) is 0 Å². The van der Waals surface area contributed by atoms with Crippen LogP contribution >= 0.6 is 7.75 Å². The van der Waals surface area contributed by atoms with E-state index in [9.17, 15) is 18.9 Å². The number of nitrogens with one attached hydrogen (secondary N) is 1. The molecule has 6 atom stereocenters. The van der Waals surface area contributed by atoms with Crippen molar-refractivity contribution in [2.45, 2.75) is 64.1 Å². The molecule has 1 aromatic carbocycles. The minimum absolute atomic E-state index is 0.207. The van der Waals surface area contributed by atoms with E-state index in [2.05, 4.69) is 15.2 Å². The zero-order valence-electron chi connectivity index (χ0n) is 24.4. The molecule has 0 radical (unpaired) electrons. The molecule has 2 aliphatic rings. The molecule has 3 N–H and O–H groups in total. The van der Waals surface area contributed by atoms with Crippen molar-refractivity contribution in [3.8, 4) is 5.75 Å². The number of hydrogen-bond donors (Lipinski definition) is 2. The average molecular weight is 632 g/mol. The molecular formula is C28H34N5O10P. The fourth-order valence-electron chi connectivity index (χ4n) is 4.72. The van der Waals surface area contributed by atoms with Crippen LogP contribution in [0.1, 0.15) is 45.4 Å². The number of rotatable bonds is 13. The van der Waals surface area contributed by atoms with E-state index in [-0.39, 0.29) is 18.2 Å². The predicted octanol–water partition coefficient (Wildman–Crippen LogP) is 2.75. The summed E-state index contributed by atoms with van der Waals surface area (Å²) in [6.07, 6.45) is -1.20. The number of nitrogens with two attached hydrogens (primary N) is 1. The Kier molecular flexibility index (Phi) is 9.49. The van der Waals surface area contributed by atoms with Crippen molar-refractivity contribution in [2.24, 2.45) is 5.92 Å². The summed E-state index contributed by atoms with van der Waals surface area (Å²) in [5.41, 5.74) is 6.89. The molecule has 0 amide bonds. The van der Waals surface area contributed by atoms with Crippen molar-refractivity contribution < 1.29 is 46.9 Å². The smallest absolute Gasteiger partial charge is 0.459 e. The van der Waals surface area contributed by atoms with E-state index in [0.29, 0.717) is 17.1 Å². The first-order valence-electron chi connectivity index (χ1n) is 14.0. The van der Waals surface area contributed by atoms with E-state index in [4.69, 9.17) is 33.7 Å². The van der Waals surface area contributed by atoms with Crippen molar-refractivity contribution in [3.63, 3.8) is 0 Å². The first kappa shape index (κ1) is 31.4. The van der Waals surface area contributed by atoms with Crippen molar-refractivity contribution in [1.29, 1.82) is 0 Å². The van der Waals surface area contributed by atoms with E-state index < -0.39 is 62.7 Å². The molecule has 1 aliphatic carbocycles. The summed E-state index contributed by atoms with van der Waals surface area (Å²) >= 11 is 0. The first-order chi connectivity index (χ1) is 21.0. The topological polar surface area (TPSA) is 192 Å². The molecule has 0 bridgehead atoms. The molecule has 5 rings (SSSR count). The lowest BCUT2D eigenvalue weighted by Crippen LogP contribution is -2.40. The Morgan fingerprint density at radius 2 is 1.77 bits per heavy atom. The van der Waals surface area contributed by atoms with E-state index in [1.54, 1.807) is 42.5 Å². The van der Waals surface area contributed by atoms with Crippen LogP contribution in [0.5, 0.6) is 5.75 Å². The van der Waals surface area contributed by atoms with Crippen LogP contribution in [-0.4, -0.2) is 70.1 Å². The molecule has 3 heterocycles. The summed E-state index contributed by atoms with van der Waals surface area (Å²) < 4.78 is 49.8. The van der Waals surface area contributed by atoms with Gasteiger partial charge in [-0.1, -0.05) is 18.2 Å². The Hall–Kier alpha value is -4.04. The Bertz CT molecular complexity index is 1550. The standard InChI is InChI=1S/C28H34N5O10P/c1-16(28(36)38-13-19-9-10-19)32-44(37,43-20-7-5-4-6-8-20)39-14-23-25(40-17(2)34)26(41-18(3)35)24(42-23)21-11-12-22-27(29)30-15-31-33(21)22/h4-8,11-12,15-16,19,23-26H,9-10,13-14H2,1-3H3,(H,32,37)(H2,29,30,31)/t16-,23+,24-,25+,26-,44?/m0/s1. The molecule has 2 fully saturated rings. The molecule has 0 spiro atoms. The number of fused-ring (bicyclic) bond motifs is 1. The second-order valence-electron chi connectivity index (χ2n) is 10.6. The number of carbonyl (C=O) groups excluding carboxylic acids is 3. The van der Waals surface area contributed by atoms with Crippen molar-refractivity contribution in [1.82, 2.24) is 19.7 Å². The molecule has 44 heavy (non-hydrogen) atoms. The number of aromatic nitrogens is 3. The van der Waals surface area contributed by atoms with Gasteiger partial charge in [-0.25, -0.2) is 14.1 Å². The van der Waals surface area contributed by atoms with Crippen LogP contribution in [0.4, 0.5) is 5.82 Å². The van der Waals surface area contributed by atoms with E-state index in [0.717, 1.165) is 12.8 Å². The molecule has 236 valence electrons. The number of ether oxygens (including phenoxy) is 4. The number of esters is 3. The van der Waals surface area contributed by atoms with Crippen LogP contribution in [0.3, 0.4) is 0 Å². The van der Waals surface area contributed by atoms with Crippen LogP contribution in [0.25, 0.3) is 5.52 Å². The number of nitrogen functional groups attached to an aromatic ring is 1. The number of benzene rings is 1. The highest BCUT2D eigenvalue weighted by atomic mass is 31.2. The Morgan fingerprint density at radius 1 is 1.07 bits per heavy atom. The molecule has 1 saturated carbocycles. The normalized spacial score (nSPS) is 23.4. The third-order valence-corrected chi connectivity index (χ3v) is 8.60. The fourth-order valence-corrected chi connectivity index (χ4v) is 6.23. The number of para-hydroxylation sites is 1. The van der Waals surface area contributed by atoms with Gasteiger partial charge in [-0.15, -0.1) is 0 Å². The minimum Gasteiger partial charge on any atom is -0.464 e. The van der Waals surface area contributed by atoms with Crippen molar-refractivity contribution in [3.05, 3.63) is 54.5 Å². The van der Waals surface area contributed by atoms with Gasteiger partial charge in [-0.3, -0.25) is 18.9 Å². The molecule has 16 heteroatoms. The van der Waals surface area contributed by atoms with Gasteiger partial charge in [0.25, 0.3) is 0 Å². The van der Waals surface area contributed by atoms with Gasteiger partial charge in [-0.05, 0) is 49.9 Å². The summed E-state index contributed by atoms with van der Waals surface area (Å²) in [4.78, 5) is 40.9. The second kappa shape index (κ2) is 13.3. The largest absolute Gasteiger partial charge is 0.464 e. The van der Waals surface area contributed by atoms with Gasteiger partial charge in [0.05, 0.1) is 18.9 Å².